The van der Waals surface area contributed by atoms with Crippen LogP contribution in [0.25, 0.3) is 0 Å². The van der Waals surface area contributed by atoms with Crippen LogP contribution >= 0.6 is 0 Å². The van der Waals surface area contributed by atoms with Crippen molar-refractivity contribution < 1.29 is 9.47 Å². The van der Waals surface area contributed by atoms with E-state index in [1.807, 2.05) is 0 Å². The molecule has 2 nitrogen and oxygen atoms in total. The molecule has 0 aromatic rings. The molecule has 1 atom stereocenters. The number of ether oxygens (including phenoxy) is 2. The lowest BCUT2D eigenvalue weighted by molar-refractivity contribution is -0.215. The Morgan fingerprint density at radius 2 is 1.93 bits per heavy atom. The highest BCUT2D eigenvalue weighted by atomic mass is 16.7. The monoisotopic (exact) mass is 198 g/mol. The fourth-order valence-corrected chi connectivity index (χ4v) is 2.90. The van der Waals surface area contributed by atoms with Gasteiger partial charge >= 0.3 is 0 Å². The second kappa shape index (κ2) is 4.19. The summed E-state index contributed by atoms with van der Waals surface area (Å²) in [6.07, 6.45) is 6.28. The molecule has 1 saturated carbocycles. The topological polar surface area (TPSA) is 18.5 Å². The van der Waals surface area contributed by atoms with Crippen molar-refractivity contribution in [2.75, 3.05) is 13.2 Å². The third-order valence-corrected chi connectivity index (χ3v) is 3.48. The third-order valence-electron chi connectivity index (χ3n) is 3.48. The molecule has 0 bridgehead atoms. The molecule has 1 spiro atoms. The van der Waals surface area contributed by atoms with Crippen molar-refractivity contribution in [2.45, 2.75) is 51.7 Å². The summed E-state index contributed by atoms with van der Waals surface area (Å²) >= 11 is 0. The zero-order valence-electron chi connectivity index (χ0n) is 9.42. The van der Waals surface area contributed by atoms with Crippen molar-refractivity contribution in [3.05, 3.63) is 0 Å². The summed E-state index contributed by atoms with van der Waals surface area (Å²) in [5.74, 6) is 1.21. The normalized spacial score (nSPS) is 31.5. The summed E-state index contributed by atoms with van der Waals surface area (Å²) in [6.45, 7) is 6.18. The van der Waals surface area contributed by atoms with Crippen molar-refractivity contribution in [3.8, 4) is 0 Å². The third kappa shape index (κ3) is 1.96. The average Bonchev–Trinajstić information content (AvgIpc) is 2.58. The van der Waals surface area contributed by atoms with Gasteiger partial charge in [0.25, 0.3) is 0 Å². The van der Waals surface area contributed by atoms with Crippen LogP contribution in [0, 0.1) is 11.8 Å². The SMILES string of the molecule is CC(C)C[C@@H]1CCCCC12OCCO2. The van der Waals surface area contributed by atoms with E-state index < -0.39 is 0 Å². The largest absolute Gasteiger partial charge is 0.347 e. The lowest BCUT2D eigenvalue weighted by atomic mass is 9.78. The molecule has 2 aliphatic rings. The van der Waals surface area contributed by atoms with Crippen molar-refractivity contribution in [3.63, 3.8) is 0 Å². The molecule has 1 heterocycles. The molecule has 14 heavy (non-hydrogen) atoms. The van der Waals surface area contributed by atoms with Gasteiger partial charge in [0.15, 0.2) is 5.79 Å². The van der Waals surface area contributed by atoms with E-state index in [1.165, 1.54) is 25.7 Å². The van der Waals surface area contributed by atoms with Gasteiger partial charge in [0, 0.05) is 12.3 Å². The summed E-state index contributed by atoms with van der Waals surface area (Å²) in [7, 11) is 0. The molecule has 1 aliphatic heterocycles. The molecule has 0 aromatic carbocycles. The van der Waals surface area contributed by atoms with Crippen molar-refractivity contribution in [2.24, 2.45) is 11.8 Å². The Kier molecular flexibility index (Phi) is 3.13. The Labute approximate surface area is 87.0 Å². The molecule has 0 aromatic heterocycles. The quantitative estimate of drug-likeness (QED) is 0.679. The molecule has 82 valence electrons. The highest BCUT2D eigenvalue weighted by Crippen LogP contribution is 2.43. The summed E-state index contributed by atoms with van der Waals surface area (Å²) < 4.78 is 11.7. The average molecular weight is 198 g/mol. The summed E-state index contributed by atoms with van der Waals surface area (Å²) in [6, 6.07) is 0. The summed E-state index contributed by atoms with van der Waals surface area (Å²) in [5, 5.41) is 0. The second-order valence-corrected chi connectivity index (χ2v) is 5.08. The van der Waals surface area contributed by atoms with Crippen molar-refractivity contribution in [1.82, 2.24) is 0 Å². The molecule has 2 rings (SSSR count). The Morgan fingerprint density at radius 3 is 2.57 bits per heavy atom. The van der Waals surface area contributed by atoms with Crippen LogP contribution < -0.4 is 0 Å². The highest BCUT2D eigenvalue weighted by molar-refractivity contribution is 4.87. The first-order chi connectivity index (χ1) is 6.73. The molecule has 2 fully saturated rings. The smallest absolute Gasteiger partial charge is 0.171 e. The van der Waals surface area contributed by atoms with Crippen LogP contribution in [0.3, 0.4) is 0 Å². The minimum absolute atomic E-state index is 0.178. The Hall–Kier alpha value is -0.0800. The van der Waals surface area contributed by atoms with Gasteiger partial charge in [-0.05, 0) is 25.2 Å². The van der Waals surface area contributed by atoms with E-state index in [1.54, 1.807) is 0 Å². The molecular formula is C12H22O2. The van der Waals surface area contributed by atoms with Gasteiger partial charge in [-0.15, -0.1) is 0 Å². The van der Waals surface area contributed by atoms with Gasteiger partial charge in [-0.25, -0.2) is 0 Å². The molecular weight excluding hydrogens is 176 g/mol. The van der Waals surface area contributed by atoms with Gasteiger partial charge in [0.05, 0.1) is 13.2 Å². The van der Waals surface area contributed by atoms with Crippen molar-refractivity contribution in [1.29, 1.82) is 0 Å². The number of rotatable bonds is 2. The molecule has 0 N–H and O–H groups in total. The molecule has 1 saturated heterocycles. The molecule has 0 unspecified atom stereocenters. The van der Waals surface area contributed by atoms with E-state index in [-0.39, 0.29) is 5.79 Å². The van der Waals surface area contributed by atoms with E-state index >= 15 is 0 Å². The van der Waals surface area contributed by atoms with Gasteiger partial charge in [-0.1, -0.05) is 20.3 Å². The van der Waals surface area contributed by atoms with Crippen molar-refractivity contribution >= 4 is 0 Å². The van der Waals surface area contributed by atoms with Gasteiger partial charge in [-0.3, -0.25) is 0 Å². The first kappa shape index (κ1) is 10.4. The fourth-order valence-electron chi connectivity index (χ4n) is 2.90. The van der Waals surface area contributed by atoms with Crippen LogP contribution in [0.4, 0.5) is 0 Å². The van der Waals surface area contributed by atoms with E-state index in [0.717, 1.165) is 25.6 Å². The molecule has 1 aliphatic carbocycles. The van der Waals surface area contributed by atoms with Gasteiger partial charge in [0.1, 0.15) is 0 Å². The van der Waals surface area contributed by atoms with Gasteiger partial charge in [-0.2, -0.15) is 0 Å². The molecule has 2 heteroatoms. The molecule has 0 radical (unpaired) electrons. The predicted octanol–water partition coefficient (Wildman–Crippen LogP) is 2.97. The van der Waals surface area contributed by atoms with E-state index in [0.29, 0.717) is 5.92 Å². The first-order valence-corrected chi connectivity index (χ1v) is 6.01. The van der Waals surface area contributed by atoms with Crippen LogP contribution in [-0.2, 0) is 9.47 Å². The Morgan fingerprint density at radius 1 is 1.21 bits per heavy atom. The summed E-state index contributed by atoms with van der Waals surface area (Å²) in [4.78, 5) is 0. The highest BCUT2D eigenvalue weighted by Gasteiger charge is 2.45. The lowest BCUT2D eigenvalue weighted by Crippen LogP contribution is -2.42. The van der Waals surface area contributed by atoms with Crippen LogP contribution in [0.1, 0.15) is 46.0 Å². The first-order valence-electron chi connectivity index (χ1n) is 6.01. The van der Waals surface area contributed by atoms with E-state index in [4.69, 9.17) is 9.47 Å². The zero-order valence-corrected chi connectivity index (χ0v) is 9.42. The maximum Gasteiger partial charge on any atom is 0.171 e. The molecule has 0 amide bonds. The Bertz CT molecular complexity index is 183. The maximum absolute atomic E-state index is 5.87. The van der Waals surface area contributed by atoms with Crippen LogP contribution in [0.2, 0.25) is 0 Å². The van der Waals surface area contributed by atoms with Crippen LogP contribution in [-0.4, -0.2) is 19.0 Å². The van der Waals surface area contributed by atoms with Crippen LogP contribution in [0.15, 0.2) is 0 Å². The Balaban J connectivity index is 2.02. The fraction of sp³-hybridized carbons (Fsp3) is 1.00. The van der Waals surface area contributed by atoms with E-state index in [9.17, 15) is 0 Å². The standard InChI is InChI=1S/C12H22O2/c1-10(2)9-11-5-3-4-6-12(11)13-7-8-14-12/h10-11H,3-9H2,1-2H3/t11-/m0/s1. The van der Waals surface area contributed by atoms with Crippen LogP contribution in [0.5, 0.6) is 0 Å². The minimum Gasteiger partial charge on any atom is -0.347 e. The minimum atomic E-state index is -0.178. The predicted molar refractivity (Wildman–Crippen MR) is 56.0 cm³/mol. The van der Waals surface area contributed by atoms with Gasteiger partial charge < -0.3 is 9.47 Å². The summed E-state index contributed by atoms with van der Waals surface area (Å²) in [5.41, 5.74) is 0. The second-order valence-electron chi connectivity index (χ2n) is 5.08. The van der Waals surface area contributed by atoms with E-state index in [2.05, 4.69) is 13.8 Å². The number of hydrogen-bond donors (Lipinski definition) is 0. The zero-order chi connectivity index (χ0) is 10.0. The van der Waals surface area contributed by atoms with Gasteiger partial charge in [0.2, 0.25) is 0 Å². The lowest BCUT2D eigenvalue weighted by Gasteiger charge is -2.40. The number of hydrogen-bond acceptors (Lipinski definition) is 2. The maximum atomic E-state index is 5.87.